The topological polar surface area (TPSA) is 93.7 Å². The Morgan fingerprint density at radius 3 is 2.49 bits per heavy atom. The zero-order chi connectivity index (χ0) is 25.3. The molecule has 37 heavy (non-hydrogen) atoms. The summed E-state index contributed by atoms with van der Waals surface area (Å²) in [5.74, 6) is -0.446. The summed E-state index contributed by atoms with van der Waals surface area (Å²) >= 11 is 0. The van der Waals surface area contributed by atoms with Gasteiger partial charge in [-0.05, 0) is 35.9 Å². The molecule has 2 saturated heterocycles. The van der Waals surface area contributed by atoms with Crippen molar-refractivity contribution in [2.75, 3.05) is 31.2 Å². The Labute approximate surface area is 216 Å². The number of anilines is 1. The second-order valence-electron chi connectivity index (χ2n) is 9.33. The van der Waals surface area contributed by atoms with Crippen LogP contribution in [0, 0.1) is 0 Å². The molecule has 6 rings (SSSR count). The molecule has 8 nitrogen and oxygen atoms in total. The average molecular weight is 517 g/mol. The second kappa shape index (κ2) is 9.83. The molecule has 4 aromatic rings. The number of fused-ring (bicyclic) bond motifs is 1. The first-order valence-electron chi connectivity index (χ1n) is 12.4. The van der Waals surface area contributed by atoms with Gasteiger partial charge < -0.3 is 14.4 Å². The molecule has 0 radical (unpaired) electrons. The third kappa shape index (κ3) is 4.95. The van der Waals surface area contributed by atoms with Crippen LogP contribution < -0.4 is 9.62 Å². The molecule has 190 valence electrons. The van der Waals surface area contributed by atoms with E-state index in [1.54, 1.807) is 24.4 Å². The van der Waals surface area contributed by atoms with E-state index in [4.69, 9.17) is 14.5 Å². The van der Waals surface area contributed by atoms with Gasteiger partial charge >= 0.3 is 0 Å². The second-order valence-corrected chi connectivity index (χ2v) is 11.1. The predicted molar refractivity (Wildman–Crippen MR) is 142 cm³/mol. The van der Waals surface area contributed by atoms with Gasteiger partial charge in [0.25, 0.3) is 0 Å². The lowest BCUT2D eigenvalue weighted by atomic mass is 10.0. The van der Waals surface area contributed by atoms with Gasteiger partial charge in [-0.2, -0.15) is 0 Å². The summed E-state index contributed by atoms with van der Waals surface area (Å²) < 4.78 is 40.4. The van der Waals surface area contributed by atoms with Crippen molar-refractivity contribution in [2.24, 2.45) is 0 Å². The highest BCUT2D eigenvalue weighted by Gasteiger charge is 2.40. The summed E-state index contributed by atoms with van der Waals surface area (Å²) in [6.45, 7) is 3.13. The van der Waals surface area contributed by atoms with Crippen molar-refractivity contribution >= 4 is 26.7 Å². The Balaban J connectivity index is 1.27. The molecule has 2 aliphatic rings. The lowest BCUT2D eigenvalue weighted by Gasteiger charge is -2.38. The van der Waals surface area contributed by atoms with Crippen molar-refractivity contribution in [1.82, 2.24) is 14.7 Å². The summed E-state index contributed by atoms with van der Waals surface area (Å²) in [5, 5.41) is 0. The van der Waals surface area contributed by atoms with Crippen molar-refractivity contribution in [3.8, 4) is 11.3 Å². The van der Waals surface area contributed by atoms with Crippen LogP contribution in [0.4, 0.5) is 5.69 Å². The minimum atomic E-state index is -3.69. The van der Waals surface area contributed by atoms with E-state index < -0.39 is 15.8 Å². The van der Waals surface area contributed by atoms with Crippen LogP contribution in [0.3, 0.4) is 0 Å². The SMILES string of the molecule is O=S(=O)(NCc1ccccc1)c1cccc(-c2ccc3nccc(N4CCC5(CC4)OCCO5)c3n2)c1. The number of hydrogen-bond donors (Lipinski definition) is 1. The maximum Gasteiger partial charge on any atom is 0.240 e. The Bertz CT molecular complexity index is 1510. The van der Waals surface area contributed by atoms with Crippen LogP contribution >= 0.6 is 0 Å². The third-order valence-corrected chi connectivity index (χ3v) is 8.39. The quantitative estimate of drug-likeness (QED) is 0.412. The number of ether oxygens (including phenoxy) is 2. The number of benzene rings is 2. The van der Waals surface area contributed by atoms with E-state index in [0.29, 0.717) is 18.9 Å². The fraction of sp³-hybridized carbons (Fsp3) is 0.286. The largest absolute Gasteiger partial charge is 0.369 e. The van der Waals surface area contributed by atoms with Gasteiger partial charge in [0, 0.05) is 44.2 Å². The normalized spacial score (nSPS) is 17.5. The Hall–Kier alpha value is -3.37. The van der Waals surface area contributed by atoms with Crippen LogP contribution in [-0.2, 0) is 26.0 Å². The molecule has 0 unspecified atom stereocenters. The Morgan fingerprint density at radius 1 is 0.919 bits per heavy atom. The molecular formula is C28H28N4O4S. The number of nitrogens with one attached hydrogen (secondary N) is 1. The molecule has 1 N–H and O–H groups in total. The standard InChI is InChI=1S/C28H28N4O4S/c33-37(34,30-20-21-5-2-1-3-6-21)23-8-4-7-22(19-23)24-9-10-25-27(31-24)26(11-14-29-25)32-15-12-28(13-16-32)35-17-18-36-28/h1-11,14,19,30H,12-13,15-18,20H2. The third-order valence-electron chi connectivity index (χ3n) is 6.99. The summed E-state index contributed by atoms with van der Waals surface area (Å²) in [6.07, 6.45) is 3.40. The summed E-state index contributed by atoms with van der Waals surface area (Å²) in [5.41, 5.74) is 4.91. The van der Waals surface area contributed by atoms with Gasteiger partial charge in [-0.1, -0.05) is 42.5 Å². The van der Waals surface area contributed by atoms with Crippen LogP contribution in [0.15, 0.2) is 83.9 Å². The lowest BCUT2D eigenvalue weighted by molar-refractivity contribution is -0.169. The number of aromatic nitrogens is 2. The van der Waals surface area contributed by atoms with Gasteiger partial charge in [0.15, 0.2) is 5.79 Å². The molecule has 4 heterocycles. The van der Waals surface area contributed by atoms with E-state index in [0.717, 1.165) is 53.8 Å². The molecule has 2 aliphatic heterocycles. The summed E-state index contributed by atoms with van der Waals surface area (Å²) in [4.78, 5) is 12.0. The van der Waals surface area contributed by atoms with E-state index in [9.17, 15) is 8.42 Å². The van der Waals surface area contributed by atoms with Crippen molar-refractivity contribution in [1.29, 1.82) is 0 Å². The fourth-order valence-corrected chi connectivity index (χ4v) is 6.04. The van der Waals surface area contributed by atoms with Gasteiger partial charge in [0.1, 0.15) is 5.52 Å². The molecule has 1 spiro atoms. The van der Waals surface area contributed by atoms with Gasteiger partial charge in [0.05, 0.1) is 35.0 Å². The molecule has 0 atom stereocenters. The highest BCUT2D eigenvalue weighted by Crippen LogP contribution is 2.35. The van der Waals surface area contributed by atoms with Crippen molar-refractivity contribution in [3.05, 3.63) is 84.6 Å². The van der Waals surface area contributed by atoms with Crippen molar-refractivity contribution < 1.29 is 17.9 Å². The minimum absolute atomic E-state index is 0.201. The molecule has 0 amide bonds. The molecule has 2 fully saturated rings. The van der Waals surface area contributed by atoms with Gasteiger partial charge in [0.2, 0.25) is 10.0 Å². The molecule has 2 aromatic heterocycles. The van der Waals surface area contributed by atoms with E-state index in [2.05, 4.69) is 14.6 Å². The molecule has 0 bridgehead atoms. The van der Waals surface area contributed by atoms with E-state index in [1.807, 2.05) is 54.6 Å². The van der Waals surface area contributed by atoms with Crippen molar-refractivity contribution in [3.63, 3.8) is 0 Å². The average Bonchev–Trinajstić information content (AvgIpc) is 3.40. The summed E-state index contributed by atoms with van der Waals surface area (Å²) in [7, 11) is -3.69. The van der Waals surface area contributed by atoms with Crippen LogP contribution in [0.5, 0.6) is 0 Å². The number of rotatable bonds is 6. The summed E-state index contributed by atoms with van der Waals surface area (Å²) in [6, 6.07) is 22.1. The molecule has 2 aromatic carbocycles. The first-order valence-corrected chi connectivity index (χ1v) is 13.9. The van der Waals surface area contributed by atoms with E-state index in [1.165, 1.54) is 0 Å². The zero-order valence-corrected chi connectivity index (χ0v) is 21.2. The highest BCUT2D eigenvalue weighted by atomic mass is 32.2. The van der Waals surface area contributed by atoms with E-state index >= 15 is 0 Å². The Kier molecular flexibility index (Phi) is 6.37. The predicted octanol–water partition coefficient (Wildman–Crippen LogP) is 4.12. The number of nitrogens with zero attached hydrogens (tertiary/aromatic N) is 3. The molecule has 9 heteroatoms. The number of sulfonamides is 1. The molecular weight excluding hydrogens is 488 g/mol. The van der Waals surface area contributed by atoms with Crippen LogP contribution in [0.1, 0.15) is 18.4 Å². The van der Waals surface area contributed by atoms with Gasteiger partial charge in [-0.15, -0.1) is 0 Å². The highest BCUT2D eigenvalue weighted by molar-refractivity contribution is 7.89. The van der Waals surface area contributed by atoms with Crippen LogP contribution in [0.25, 0.3) is 22.3 Å². The maximum atomic E-state index is 13.0. The monoisotopic (exact) mass is 516 g/mol. The molecule has 0 aliphatic carbocycles. The fourth-order valence-electron chi connectivity index (χ4n) is 4.98. The zero-order valence-electron chi connectivity index (χ0n) is 20.3. The van der Waals surface area contributed by atoms with E-state index in [-0.39, 0.29) is 11.4 Å². The maximum absolute atomic E-state index is 13.0. The number of pyridine rings is 2. The van der Waals surface area contributed by atoms with Crippen LogP contribution in [-0.4, -0.2) is 50.5 Å². The lowest BCUT2D eigenvalue weighted by Crippen LogP contribution is -2.45. The van der Waals surface area contributed by atoms with Gasteiger partial charge in [-0.25, -0.2) is 18.1 Å². The molecule has 0 saturated carbocycles. The first kappa shape index (κ1) is 24.0. The first-order chi connectivity index (χ1) is 18.0. The van der Waals surface area contributed by atoms with Crippen LogP contribution in [0.2, 0.25) is 0 Å². The Morgan fingerprint density at radius 2 is 1.70 bits per heavy atom. The van der Waals surface area contributed by atoms with Crippen molar-refractivity contribution in [2.45, 2.75) is 30.1 Å². The smallest absolute Gasteiger partial charge is 0.240 e. The van der Waals surface area contributed by atoms with Gasteiger partial charge in [-0.3, -0.25) is 4.98 Å². The minimum Gasteiger partial charge on any atom is -0.369 e. The number of piperidine rings is 1. The number of hydrogen-bond acceptors (Lipinski definition) is 7.